The van der Waals surface area contributed by atoms with E-state index in [2.05, 4.69) is 25.7 Å². The Hall–Kier alpha value is -3.82. The molecule has 3 N–H and O–H groups in total. The third-order valence-electron chi connectivity index (χ3n) is 5.68. The van der Waals surface area contributed by atoms with Crippen LogP contribution >= 0.6 is 0 Å². The van der Waals surface area contributed by atoms with Crippen LogP contribution in [0.15, 0.2) is 30.3 Å². The van der Waals surface area contributed by atoms with Crippen molar-refractivity contribution in [3.8, 4) is 17.0 Å². The number of amides is 3. The van der Waals surface area contributed by atoms with E-state index in [4.69, 9.17) is 9.47 Å². The van der Waals surface area contributed by atoms with E-state index >= 15 is 0 Å². The van der Waals surface area contributed by atoms with Crippen LogP contribution in [0.25, 0.3) is 11.1 Å². The van der Waals surface area contributed by atoms with Crippen molar-refractivity contribution in [3.63, 3.8) is 0 Å². The summed E-state index contributed by atoms with van der Waals surface area (Å²) in [5, 5.41) is 8.55. The van der Waals surface area contributed by atoms with Gasteiger partial charge in [0, 0.05) is 23.2 Å². The van der Waals surface area contributed by atoms with E-state index < -0.39 is 23.8 Å². The Morgan fingerprint density at radius 1 is 1.08 bits per heavy atom. The number of carbonyl (C=O) groups is 3. The number of anilines is 2. The van der Waals surface area contributed by atoms with Crippen molar-refractivity contribution in [2.24, 2.45) is 5.92 Å². The first-order chi connectivity index (χ1) is 17.0. The van der Waals surface area contributed by atoms with Gasteiger partial charge >= 0.3 is 12.2 Å². The highest BCUT2D eigenvalue weighted by Gasteiger charge is 2.25. The molecule has 0 fully saturated rings. The number of pyridine rings is 1. The highest BCUT2D eigenvalue weighted by Crippen LogP contribution is 2.35. The average Bonchev–Trinajstić information content (AvgIpc) is 2.81. The summed E-state index contributed by atoms with van der Waals surface area (Å²) in [7, 11) is 2.79. The molecule has 2 atom stereocenters. The van der Waals surface area contributed by atoms with Crippen molar-refractivity contribution in [2.75, 3.05) is 24.9 Å². The third-order valence-corrected chi connectivity index (χ3v) is 5.68. The van der Waals surface area contributed by atoms with Gasteiger partial charge in [0.2, 0.25) is 11.8 Å². The number of aromatic nitrogens is 1. The summed E-state index contributed by atoms with van der Waals surface area (Å²) in [5.74, 6) is -0.0691. The number of hydrogen-bond donors (Lipinski definition) is 3. The van der Waals surface area contributed by atoms with Crippen LogP contribution in [0.4, 0.5) is 21.0 Å². The van der Waals surface area contributed by atoms with Gasteiger partial charge in [0.1, 0.15) is 5.60 Å². The predicted molar refractivity (Wildman–Crippen MR) is 136 cm³/mol. The van der Waals surface area contributed by atoms with Gasteiger partial charge in [0.25, 0.3) is 0 Å². The zero-order valence-electron chi connectivity index (χ0n) is 21.6. The Morgan fingerprint density at radius 2 is 1.83 bits per heavy atom. The fourth-order valence-electron chi connectivity index (χ4n) is 3.87. The molecule has 0 spiro atoms. The van der Waals surface area contributed by atoms with E-state index in [1.165, 1.54) is 14.2 Å². The molecule has 1 aliphatic rings. The topological polar surface area (TPSA) is 128 Å². The van der Waals surface area contributed by atoms with Crippen LogP contribution in [0.1, 0.15) is 58.7 Å². The van der Waals surface area contributed by atoms with Crippen molar-refractivity contribution in [1.82, 2.24) is 10.3 Å². The molecule has 0 saturated carbocycles. The number of carbonyl (C=O) groups excluding carboxylic acids is 3. The fraction of sp³-hybridized carbons (Fsp3) is 0.462. The molecule has 0 aliphatic carbocycles. The third kappa shape index (κ3) is 7.10. The van der Waals surface area contributed by atoms with Crippen LogP contribution in [-0.4, -0.2) is 42.9 Å². The van der Waals surface area contributed by atoms with E-state index in [-0.39, 0.29) is 11.8 Å². The maximum atomic E-state index is 13.0. The van der Waals surface area contributed by atoms with Gasteiger partial charge in [0.05, 0.1) is 31.6 Å². The standard InChI is InChI=1S/C26H34N4O6/c1-15-8-7-9-19(30-25(33)36-26(2,3)4)21-12-16(13-22(28-21)34-5)18-11-10-17(27-24(32)35-6)14-20(18)29-23(15)31/h10-15,19H,7-9H2,1-6H3,(H,27,32)(H,29,31)(H,30,33)/t15-,19-/m0/s1. The lowest BCUT2D eigenvalue weighted by Gasteiger charge is -2.25. The molecule has 3 amide bonds. The Bertz CT molecular complexity index is 1130. The molecule has 0 saturated heterocycles. The van der Waals surface area contributed by atoms with Gasteiger partial charge in [0.15, 0.2) is 0 Å². The maximum absolute atomic E-state index is 13.0. The average molecular weight is 499 g/mol. The normalized spacial score (nSPS) is 17.9. The van der Waals surface area contributed by atoms with Crippen molar-refractivity contribution in [1.29, 1.82) is 0 Å². The number of rotatable bonds is 3. The zero-order chi connectivity index (χ0) is 26.5. The van der Waals surface area contributed by atoms with Gasteiger partial charge in [-0.1, -0.05) is 19.4 Å². The molecule has 1 aromatic heterocycles. The van der Waals surface area contributed by atoms with Crippen LogP contribution in [0, 0.1) is 5.92 Å². The Labute approximate surface area is 211 Å². The van der Waals surface area contributed by atoms with E-state index in [1.54, 1.807) is 45.0 Å². The smallest absolute Gasteiger partial charge is 0.411 e. The molecule has 2 aromatic rings. The minimum atomic E-state index is -0.649. The summed E-state index contributed by atoms with van der Waals surface area (Å²) in [6.07, 6.45) is 0.665. The van der Waals surface area contributed by atoms with Crippen LogP contribution < -0.4 is 20.7 Å². The molecular weight excluding hydrogens is 464 g/mol. The molecule has 0 radical (unpaired) electrons. The molecule has 2 bridgehead atoms. The number of methoxy groups -OCH3 is 2. The first-order valence-electron chi connectivity index (χ1n) is 11.8. The van der Waals surface area contributed by atoms with Gasteiger partial charge in [-0.05, 0) is 57.4 Å². The Morgan fingerprint density at radius 3 is 2.50 bits per heavy atom. The lowest BCUT2D eigenvalue weighted by atomic mass is 9.95. The van der Waals surface area contributed by atoms with Gasteiger partial charge in [-0.3, -0.25) is 10.1 Å². The lowest BCUT2D eigenvalue weighted by molar-refractivity contribution is -0.119. The molecule has 2 heterocycles. The van der Waals surface area contributed by atoms with Crippen LogP contribution in [0.5, 0.6) is 5.88 Å². The molecule has 1 aromatic carbocycles. The first-order valence-corrected chi connectivity index (χ1v) is 11.8. The quantitative estimate of drug-likeness (QED) is 0.527. The van der Waals surface area contributed by atoms with Crippen molar-refractivity contribution >= 4 is 29.5 Å². The predicted octanol–water partition coefficient (Wildman–Crippen LogP) is 5.26. The first kappa shape index (κ1) is 26.8. The van der Waals surface area contributed by atoms with E-state index in [0.29, 0.717) is 47.8 Å². The molecule has 3 rings (SSSR count). The largest absolute Gasteiger partial charge is 0.481 e. The summed E-state index contributed by atoms with van der Waals surface area (Å²) < 4.78 is 15.6. The van der Waals surface area contributed by atoms with Gasteiger partial charge < -0.3 is 24.8 Å². The lowest BCUT2D eigenvalue weighted by Crippen LogP contribution is -2.35. The molecule has 36 heavy (non-hydrogen) atoms. The summed E-state index contributed by atoms with van der Waals surface area (Å²) >= 11 is 0. The summed E-state index contributed by atoms with van der Waals surface area (Å²) in [5.41, 5.74) is 2.36. The fourth-order valence-corrected chi connectivity index (χ4v) is 3.87. The van der Waals surface area contributed by atoms with E-state index in [0.717, 1.165) is 5.56 Å². The second kappa shape index (κ2) is 11.3. The number of nitrogens with one attached hydrogen (secondary N) is 3. The zero-order valence-corrected chi connectivity index (χ0v) is 21.6. The Balaban J connectivity index is 2.10. The highest BCUT2D eigenvalue weighted by molar-refractivity contribution is 5.98. The minimum absolute atomic E-state index is 0.148. The van der Waals surface area contributed by atoms with E-state index in [1.807, 2.05) is 13.0 Å². The minimum Gasteiger partial charge on any atom is -0.481 e. The van der Waals surface area contributed by atoms with Crippen LogP contribution in [0.2, 0.25) is 0 Å². The second-order valence-corrected chi connectivity index (χ2v) is 9.72. The SMILES string of the molecule is COC(=O)Nc1ccc2c(c1)NC(=O)[C@@H](C)CCC[C@H](NC(=O)OC(C)(C)C)c1cc-2cc(OC)n1. The van der Waals surface area contributed by atoms with Crippen molar-refractivity contribution in [3.05, 3.63) is 36.0 Å². The molecule has 194 valence electrons. The van der Waals surface area contributed by atoms with Crippen molar-refractivity contribution in [2.45, 2.75) is 58.6 Å². The molecule has 1 aliphatic heterocycles. The molecule has 0 unspecified atom stereocenters. The van der Waals surface area contributed by atoms with Crippen LogP contribution in [-0.2, 0) is 14.3 Å². The number of ether oxygens (including phenoxy) is 3. The summed E-state index contributed by atoms with van der Waals surface area (Å²) in [6, 6.07) is 8.32. The second-order valence-electron chi connectivity index (χ2n) is 9.72. The Kier molecular flexibility index (Phi) is 8.39. The number of nitrogens with zero attached hydrogens (tertiary/aromatic N) is 1. The molecule has 10 heteroatoms. The van der Waals surface area contributed by atoms with E-state index in [9.17, 15) is 14.4 Å². The number of hydrogen-bond acceptors (Lipinski definition) is 7. The molecular formula is C26H34N4O6. The van der Waals surface area contributed by atoms with Gasteiger partial charge in [-0.2, -0.15) is 0 Å². The molecule has 10 nitrogen and oxygen atoms in total. The van der Waals surface area contributed by atoms with Crippen LogP contribution in [0.3, 0.4) is 0 Å². The summed E-state index contributed by atoms with van der Waals surface area (Å²) in [6.45, 7) is 7.26. The highest BCUT2D eigenvalue weighted by atomic mass is 16.6. The number of benzene rings is 1. The van der Waals surface area contributed by atoms with Gasteiger partial charge in [-0.15, -0.1) is 0 Å². The van der Waals surface area contributed by atoms with Gasteiger partial charge in [-0.25, -0.2) is 14.6 Å². The van der Waals surface area contributed by atoms with Crippen molar-refractivity contribution < 1.29 is 28.6 Å². The monoisotopic (exact) mass is 498 g/mol. The summed E-state index contributed by atoms with van der Waals surface area (Å²) in [4.78, 5) is 41.9. The number of fused-ring (bicyclic) bond motifs is 4. The maximum Gasteiger partial charge on any atom is 0.411 e. The number of alkyl carbamates (subject to hydrolysis) is 1.